The van der Waals surface area contributed by atoms with Gasteiger partial charge in [0.05, 0.1) is 12.0 Å². The van der Waals surface area contributed by atoms with Crippen molar-refractivity contribution in [2.75, 3.05) is 6.26 Å². The Morgan fingerprint density at radius 3 is 2.35 bits per heavy atom. The Bertz CT molecular complexity index is 629. The van der Waals surface area contributed by atoms with Gasteiger partial charge in [0.2, 0.25) is 25.3 Å². The molecule has 1 aromatic rings. The lowest BCUT2D eigenvalue weighted by Gasteiger charge is -2.05. The smallest absolute Gasteiger partial charge is 0.226 e. The Hall–Kier alpha value is -0.480. The average Bonchev–Trinajstić information content (AvgIpc) is 2.05. The molecule has 0 unspecified atom stereocenters. The lowest BCUT2D eigenvalue weighted by atomic mass is 10.4. The lowest BCUT2D eigenvalue weighted by Crippen LogP contribution is -2.30. The quantitative estimate of drug-likeness (QED) is 0.626. The van der Waals surface area contributed by atoms with Crippen LogP contribution in [0.5, 0.6) is 0 Å². The molecule has 0 bridgehead atoms. The molecule has 0 saturated heterocycles. The van der Waals surface area contributed by atoms with E-state index < -0.39 is 25.8 Å². The lowest BCUT2D eigenvalue weighted by molar-refractivity contribution is 0.579. The molecule has 0 aliphatic heterocycles. The van der Waals surface area contributed by atoms with Crippen molar-refractivity contribution < 1.29 is 16.8 Å². The van der Waals surface area contributed by atoms with E-state index in [9.17, 15) is 16.8 Å². The zero-order valence-electron chi connectivity index (χ0n) is 8.38. The molecule has 0 spiro atoms. The van der Waals surface area contributed by atoms with Crippen molar-refractivity contribution in [2.24, 2.45) is 0 Å². The minimum atomic E-state index is -4.07. The molecule has 17 heavy (non-hydrogen) atoms. The molecule has 0 radical (unpaired) electrons. The van der Waals surface area contributed by atoms with Gasteiger partial charge in [0.25, 0.3) is 0 Å². The molecule has 96 valence electrons. The summed E-state index contributed by atoms with van der Waals surface area (Å²) in [4.78, 5) is 7.08. The fourth-order valence-corrected chi connectivity index (χ4v) is 4.08. The molecular weight excluding hydrogens is 313 g/mol. The van der Waals surface area contributed by atoms with Gasteiger partial charge in [0.15, 0.2) is 0 Å². The number of sulfonamides is 2. The zero-order valence-corrected chi connectivity index (χ0v) is 11.5. The largest absolute Gasteiger partial charge is 0.228 e. The topological polar surface area (TPSA) is 106 Å². The number of hydrogen-bond acceptors (Lipinski definition) is 6. The van der Waals surface area contributed by atoms with Crippen LogP contribution in [0, 0.1) is 0 Å². The van der Waals surface area contributed by atoms with Crippen LogP contribution >= 0.6 is 23.2 Å². The van der Waals surface area contributed by atoms with Gasteiger partial charge in [-0.3, -0.25) is 0 Å². The van der Waals surface area contributed by atoms with Crippen LogP contribution < -0.4 is 4.13 Å². The first-order chi connectivity index (χ1) is 7.59. The number of hydrogen-bond donors (Lipinski definition) is 1. The van der Waals surface area contributed by atoms with Crippen LogP contribution in [0.15, 0.2) is 6.20 Å². The van der Waals surface area contributed by atoms with Crippen molar-refractivity contribution in [3.63, 3.8) is 0 Å². The van der Waals surface area contributed by atoms with Gasteiger partial charge in [-0.2, -0.15) is 0 Å². The first-order valence-corrected chi connectivity index (χ1v) is 8.27. The van der Waals surface area contributed by atoms with Crippen LogP contribution in [-0.2, 0) is 25.8 Å². The van der Waals surface area contributed by atoms with Gasteiger partial charge in [-0.05, 0) is 11.6 Å². The molecular formula is C6H7Cl2N3O4S2. The summed E-state index contributed by atoms with van der Waals surface area (Å²) in [6.45, 7) is 0. The van der Waals surface area contributed by atoms with Crippen molar-refractivity contribution >= 4 is 43.2 Å². The second-order valence-electron chi connectivity index (χ2n) is 3.07. The van der Waals surface area contributed by atoms with Crippen LogP contribution in [0.1, 0.15) is 5.56 Å². The molecule has 0 aromatic carbocycles. The molecule has 1 N–H and O–H groups in total. The first kappa shape index (κ1) is 14.6. The molecule has 1 rings (SSSR count). The van der Waals surface area contributed by atoms with Gasteiger partial charge in [-0.15, -0.1) is 4.13 Å². The maximum absolute atomic E-state index is 11.4. The van der Waals surface area contributed by atoms with E-state index in [1.807, 2.05) is 0 Å². The first-order valence-electron chi connectivity index (χ1n) is 3.97. The van der Waals surface area contributed by atoms with Crippen LogP contribution in [0.2, 0.25) is 10.4 Å². The highest BCUT2D eigenvalue weighted by Gasteiger charge is 2.19. The van der Waals surface area contributed by atoms with Crippen molar-refractivity contribution in [2.45, 2.75) is 5.75 Å². The third-order valence-electron chi connectivity index (χ3n) is 1.41. The maximum Gasteiger partial charge on any atom is 0.228 e. The van der Waals surface area contributed by atoms with E-state index in [2.05, 4.69) is 9.97 Å². The van der Waals surface area contributed by atoms with Crippen molar-refractivity contribution in [3.8, 4) is 0 Å². The molecule has 11 heteroatoms. The molecule has 1 heterocycles. The summed E-state index contributed by atoms with van der Waals surface area (Å²) in [5.41, 5.74) is 0.0483. The van der Waals surface area contributed by atoms with Crippen molar-refractivity contribution in [3.05, 3.63) is 22.2 Å². The van der Waals surface area contributed by atoms with Crippen LogP contribution in [0.25, 0.3) is 0 Å². The van der Waals surface area contributed by atoms with Gasteiger partial charge in [-0.1, -0.05) is 11.6 Å². The predicted molar refractivity (Wildman–Crippen MR) is 62.7 cm³/mol. The highest BCUT2D eigenvalue weighted by molar-refractivity contribution is 8.04. The Morgan fingerprint density at radius 2 is 1.88 bits per heavy atom. The molecule has 0 aliphatic carbocycles. The van der Waals surface area contributed by atoms with Crippen LogP contribution in [0.4, 0.5) is 0 Å². The minimum Gasteiger partial charge on any atom is -0.226 e. The maximum atomic E-state index is 11.4. The standard InChI is InChI=1S/C6H7Cl2N3O4S2/c1-16(12,13)11-17(14,15)3-4-2-9-6(8)10-5(4)7/h2,11H,3H2,1H3. The summed E-state index contributed by atoms with van der Waals surface area (Å²) in [7, 11) is -7.94. The Kier molecular flexibility index (Phi) is 4.31. The predicted octanol–water partition coefficient (Wildman–Crippen LogP) is 0.162. The highest BCUT2D eigenvalue weighted by atomic mass is 35.5. The molecule has 1 aromatic heterocycles. The summed E-state index contributed by atoms with van der Waals surface area (Å²) in [6.07, 6.45) is 1.84. The van der Waals surface area contributed by atoms with Crippen molar-refractivity contribution in [1.29, 1.82) is 0 Å². The van der Waals surface area contributed by atoms with Crippen LogP contribution in [0.3, 0.4) is 0 Å². The highest BCUT2D eigenvalue weighted by Crippen LogP contribution is 2.16. The number of nitrogens with one attached hydrogen (secondary N) is 1. The van der Waals surface area contributed by atoms with E-state index in [0.717, 1.165) is 12.5 Å². The van der Waals surface area contributed by atoms with Crippen molar-refractivity contribution in [1.82, 2.24) is 14.1 Å². The number of rotatable bonds is 4. The van der Waals surface area contributed by atoms with E-state index in [0.29, 0.717) is 0 Å². The number of nitrogens with zero attached hydrogens (tertiary/aromatic N) is 2. The SMILES string of the molecule is CS(=O)(=O)NS(=O)(=O)Cc1cnc(Cl)nc1Cl. The minimum absolute atomic E-state index is 0.0483. The Morgan fingerprint density at radius 1 is 1.29 bits per heavy atom. The van der Waals surface area contributed by atoms with E-state index in [-0.39, 0.29) is 16.0 Å². The monoisotopic (exact) mass is 319 g/mol. The number of halogens is 2. The summed E-state index contributed by atoms with van der Waals surface area (Å²) in [6, 6.07) is 0. The molecule has 0 aliphatic rings. The second kappa shape index (κ2) is 5.02. The average molecular weight is 320 g/mol. The zero-order chi connectivity index (χ0) is 13.3. The fraction of sp³-hybridized carbons (Fsp3) is 0.333. The fourth-order valence-electron chi connectivity index (χ4n) is 0.928. The Labute approximate surface area is 108 Å². The number of aromatic nitrogens is 2. The van der Waals surface area contributed by atoms with Gasteiger partial charge in [-0.25, -0.2) is 26.8 Å². The Balaban J connectivity index is 2.99. The van der Waals surface area contributed by atoms with Gasteiger partial charge in [0.1, 0.15) is 5.15 Å². The normalized spacial score (nSPS) is 12.6. The summed E-state index contributed by atoms with van der Waals surface area (Å²) < 4.78 is 45.9. The third-order valence-corrected chi connectivity index (χ3v) is 4.83. The molecule has 0 amide bonds. The molecule has 0 saturated carbocycles. The van der Waals surface area contributed by atoms with Crippen LogP contribution in [-0.4, -0.2) is 33.1 Å². The van der Waals surface area contributed by atoms with Gasteiger partial charge < -0.3 is 0 Å². The van der Waals surface area contributed by atoms with E-state index in [1.54, 1.807) is 0 Å². The summed E-state index contributed by atoms with van der Waals surface area (Å²) in [5, 5.41) is -0.281. The summed E-state index contributed by atoms with van der Waals surface area (Å²) in [5.74, 6) is -0.657. The van der Waals surface area contributed by atoms with Gasteiger partial charge >= 0.3 is 0 Å². The molecule has 7 nitrogen and oxygen atoms in total. The van der Waals surface area contributed by atoms with E-state index in [4.69, 9.17) is 23.2 Å². The van der Waals surface area contributed by atoms with E-state index in [1.165, 1.54) is 4.13 Å². The second-order valence-corrected chi connectivity index (χ2v) is 7.49. The molecule has 0 fully saturated rings. The third kappa shape index (κ3) is 5.13. The summed E-state index contributed by atoms with van der Waals surface area (Å²) >= 11 is 11.1. The van der Waals surface area contributed by atoms with E-state index >= 15 is 0 Å². The van der Waals surface area contributed by atoms with Gasteiger partial charge in [0, 0.05) is 11.8 Å². The molecule has 0 atom stereocenters.